The number of amides is 1. The maximum Gasteiger partial charge on any atom is 0.231 e. The van der Waals surface area contributed by atoms with Gasteiger partial charge in [-0.3, -0.25) is 9.69 Å². The number of benzene rings is 2. The molecule has 2 N–H and O–H groups in total. The first-order valence-electron chi connectivity index (χ1n) is 8.59. The van der Waals surface area contributed by atoms with E-state index in [1.807, 2.05) is 36.9 Å². The summed E-state index contributed by atoms with van der Waals surface area (Å²) in [5.41, 5.74) is 9.72. The highest BCUT2D eigenvalue weighted by molar-refractivity contribution is 5.75. The number of rotatable bonds is 7. The number of primary amides is 1. The topological polar surface area (TPSA) is 72.4 Å². The number of aryl methyl sites for hydroxylation is 2. The largest absolute Gasteiger partial charge is 0.444 e. The van der Waals surface area contributed by atoms with Crippen LogP contribution in [0.2, 0.25) is 0 Å². The molecular formula is C21H23N3O2. The average molecular weight is 349 g/mol. The molecule has 0 aliphatic heterocycles. The molecule has 0 fully saturated rings. The molecule has 0 aliphatic carbocycles. The summed E-state index contributed by atoms with van der Waals surface area (Å²) in [4.78, 5) is 17.8. The molecule has 0 aliphatic rings. The van der Waals surface area contributed by atoms with E-state index in [4.69, 9.17) is 10.2 Å². The Balaban J connectivity index is 1.72. The van der Waals surface area contributed by atoms with Crippen LogP contribution < -0.4 is 5.73 Å². The molecule has 1 aromatic heterocycles. The normalized spacial score (nSPS) is 11.0. The second kappa shape index (κ2) is 7.97. The van der Waals surface area contributed by atoms with Gasteiger partial charge in [0.15, 0.2) is 0 Å². The molecular weight excluding hydrogens is 326 g/mol. The van der Waals surface area contributed by atoms with E-state index in [0.717, 1.165) is 22.6 Å². The van der Waals surface area contributed by atoms with E-state index in [9.17, 15) is 4.79 Å². The van der Waals surface area contributed by atoms with Crippen LogP contribution in [0.3, 0.4) is 0 Å². The molecule has 0 saturated carbocycles. The van der Waals surface area contributed by atoms with Gasteiger partial charge in [0.05, 0.1) is 18.8 Å². The SMILES string of the molecule is Cc1nc(CN(CC(N)=O)Cc2ccc(-c3ccccc3)cc2)oc1C. The summed E-state index contributed by atoms with van der Waals surface area (Å²) in [5.74, 6) is 1.03. The van der Waals surface area contributed by atoms with E-state index in [-0.39, 0.29) is 12.5 Å². The van der Waals surface area contributed by atoms with Crippen molar-refractivity contribution in [2.75, 3.05) is 6.54 Å². The van der Waals surface area contributed by atoms with Crippen molar-refractivity contribution in [3.8, 4) is 11.1 Å². The van der Waals surface area contributed by atoms with Gasteiger partial charge in [-0.15, -0.1) is 0 Å². The molecule has 3 rings (SSSR count). The zero-order valence-electron chi connectivity index (χ0n) is 15.1. The van der Waals surface area contributed by atoms with Gasteiger partial charge in [-0.2, -0.15) is 0 Å². The van der Waals surface area contributed by atoms with Crippen molar-refractivity contribution in [2.24, 2.45) is 5.73 Å². The minimum atomic E-state index is -0.370. The predicted molar refractivity (Wildman–Crippen MR) is 101 cm³/mol. The minimum Gasteiger partial charge on any atom is -0.444 e. The van der Waals surface area contributed by atoms with Gasteiger partial charge in [-0.05, 0) is 30.5 Å². The maximum absolute atomic E-state index is 11.4. The second-order valence-electron chi connectivity index (χ2n) is 6.42. The highest BCUT2D eigenvalue weighted by atomic mass is 16.4. The van der Waals surface area contributed by atoms with Gasteiger partial charge < -0.3 is 10.2 Å². The van der Waals surface area contributed by atoms with Crippen molar-refractivity contribution in [1.29, 1.82) is 0 Å². The molecule has 0 atom stereocenters. The molecule has 1 heterocycles. The van der Waals surface area contributed by atoms with Crippen molar-refractivity contribution in [2.45, 2.75) is 26.9 Å². The van der Waals surface area contributed by atoms with E-state index in [1.165, 1.54) is 5.56 Å². The van der Waals surface area contributed by atoms with Gasteiger partial charge in [-0.25, -0.2) is 4.98 Å². The standard InChI is InChI=1S/C21H23N3O2/c1-15-16(2)26-21(23-15)14-24(13-20(22)25)12-17-8-10-19(11-9-17)18-6-4-3-5-7-18/h3-11H,12-14H2,1-2H3,(H2,22,25). The fraction of sp³-hybridized carbons (Fsp3) is 0.238. The molecule has 2 aromatic carbocycles. The Labute approximate surface area is 153 Å². The Morgan fingerprint density at radius 1 is 1.00 bits per heavy atom. The van der Waals surface area contributed by atoms with Crippen LogP contribution in [0.4, 0.5) is 0 Å². The molecule has 0 bridgehead atoms. The molecule has 0 saturated heterocycles. The van der Waals surface area contributed by atoms with E-state index in [1.54, 1.807) is 0 Å². The van der Waals surface area contributed by atoms with Gasteiger partial charge in [0.25, 0.3) is 0 Å². The summed E-state index contributed by atoms with van der Waals surface area (Å²) in [7, 11) is 0. The van der Waals surface area contributed by atoms with Gasteiger partial charge in [0.1, 0.15) is 5.76 Å². The number of nitrogens with zero attached hydrogens (tertiary/aromatic N) is 2. The first-order chi connectivity index (χ1) is 12.5. The molecule has 1 amide bonds. The van der Waals surface area contributed by atoms with E-state index < -0.39 is 0 Å². The van der Waals surface area contributed by atoms with Gasteiger partial charge >= 0.3 is 0 Å². The Hall–Kier alpha value is -2.92. The summed E-state index contributed by atoms with van der Waals surface area (Å²) < 4.78 is 5.64. The van der Waals surface area contributed by atoms with Gasteiger partial charge in [0, 0.05) is 6.54 Å². The summed E-state index contributed by atoms with van der Waals surface area (Å²) in [6, 6.07) is 18.6. The zero-order chi connectivity index (χ0) is 18.5. The number of carbonyl (C=O) groups is 1. The lowest BCUT2D eigenvalue weighted by Gasteiger charge is -2.19. The lowest BCUT2D eigenvalue weighted by Crippen LogP contribution is -2.33. The number of nitrogens with two attached hydrogens (primary N) is 1. The zero-order valence-corrected chi connectivity index (χ0v) is 15.1. The van der Waals surface area contributed by atoms with Crippen molar-refractivity contribution in [3.63, 3.8) is 0 Å². The van der Waals surface area contributed by atoms with E-state index >= 15 is 0 Å². The summed E-state index contributed by atoms with van der Waals surface area (Å²) in [6.45, 7) is 4.98. The van der Waals surface area contributed by atoms with Crippen molar-refractivity contribution in [3.05, 3.63) is 77.5 Å². The molecule has 0 spiro atoms. The number of carbonyl (C=O) groups excluding carboxylic acids is 1. The Kier molecular flexibility index (Phi) is 5.49. The number of aromatic nitrogens is 1. The maximum atomic E-state index is 11.4. The third kappa shape index (κ3) is 4.58. The van der Waals surface area contributed by atoms with E-state index in [2.05, 4.69) is 41.4 Å². The summed E-state index contributed by atoms with van der Waals surface area (Å²) in [6.07, 6.45) is 0. The lowest BCUT2D eigenvalue weighted by molar-refractivity contribution is -0.119. The molecule has 5 nitrogen and oxygen atoms in total. The van der Waals surface area contributed by atoms with Gasteiger partial charge in [0.2, 0.25) is 11.8 Å². The smallest absolute Gasteiger partial charge is 0.231 e. The monoisotopic (exact) mass is 349 g/mol. The van der Waals surface area contributed by atoms with Crippen LogP contribution in [-0.2, 0) is 17.9 Å². The third-order valence-corrected chi connectivity index (χ3v) is 4.28. The number of oxazole rings is 1. The third-order valence-electron chi connectivity index (χ3n) is 4.28. The fourth-order valence-corrected chi connectivity index (χ4v) is 2.88. The van der Waals surface area contributed by atoms with Crippen molar-refractivity contribution < 1.29 is 9.21 Å². The molecule has 26 heavy (non-hydrogen) atoms. The molecule has 5 heteroatoms. The highest BCUT2D eigenvalue weighted by Gasteiger charge is 2.14. The Morgan fingerprint density at radius 2 is 1.65 bits per heavy atom. The van der Waals surface area contributed by atoms with Crippen molar-refractivity contribution in [1.82, 2.24) is 9.88 Å². The highest BCUT2D eigenvalue weighted by Crippen LogP contribution is 2.20. The van der Waals surface area contributed by atoms with Gasteiger partial charge in [-0.1, -0.05) is 54.6 Å². The first kappa shape index (κ1) is 17.9. The van der Waals surface area contributed by atoms with Crippen LogP contribution in [0.1, 0.15) is 22.9 Å². The lowest BCUT2D eigenvalue weighted by atomic mass is 10.0. The fourth-order valence-electron chi connectivity index (χ4n) is 2.88. The van der Waals surface area contributed by atoms with Crippen LogP contribution in [0, 0.1) is 13.8 Å². The van der Waals surface area contributed by atoms with Crippen LogP contribution in [-0.4, -0.2) is 22.3 Å². The summed E-state index contributed by atoms with van der Waals surface area (Å²) >= 11 is 0. The molecule has 3 aromatic rings. The molecule has 134 valence electrons. The predicted octanol–water partition coefficient (Wildman–Crippen LogP) is 3.45. The number of hydrogen-bond acceptors (Lipinski definition) is 4. The first-order valence-corrected chi connectivity index (χ1v) is 8.59. The van der Waals surface area contributed by atoms with E-state index in [0.29, 0.717) is 19.0 Å². The van der Waals surface area contributed by atoms with Crippen LogP contribution in [0.25, 0.3) is 11.1 Å². The van der Waals surface area contributed by atoms with Crippen molar-refractivity contribution >= 4 is 5.91 Å². The minimum absolute atomic E-state index is 0.154. The van der Waals surface area contributed by atoms with Crippen LogP contribution >= 0.6 is 0 Å². The Bertz CT molecular complexity index is 851. The average Bonchev–Trinajstić information content (AvgIpc) is 2.93. The second-order valence-corrected chi connectivity index (χ2v) is 6.42. The quantitative estimate of drug-likeness (QED) is 0.709. The Morgan fingerprint density at radius 3 is 2.23 bits per heavy atom. The van der Waals surface area contributed by atoms with Crippen LogP contribution in [0.15, 0.2) is 59.0 Å². The molecule has 0 radical (unpaired) electrons. The summed E-state index contributed by atoms with van der Waals surface area (Å²) in [5, 5.41) is 0. The molecule has 0 unspecified atom stereocenters. The number of hydrogen-bond donors (Lipinski definition) is 1. The van der Waals surface area contributed by atoms with Crippen LogP contribution in [0.5, 0.6) is 0 Å².